The third kappa shape index (κ3) is 6.39. The van der Waals surface area contributed by atoms with Gasteiger partial charge in [-0.15, -0.1) is 0 Å². The van der Waals surface area contributed by atoms with E-state index in [4.69, 9.17) is 20.4 Å². The molecule has 0 aromatic rings. The Morgan fingerprint density at radius 2 is 0.950 bits per heavy atom. The van der Waals surface area contributed by atoms with Crippen molar-refractivity contribution in [3.8, 4) is 0 Å². The summed E-state index contributed by atoms with van der Waals surface area (Å²) in [6.07, 6.45) is -8.79. The number of hydrogen-bond acceptors (Lipinski definition) is 9. The molecular weight excluding hydrogens is 274 g/mol. The highest BCUT2D eigenvalue weighted by Gasteiger charge is 2.28. The first-order chi connectivity index (χ1) is 9.24. The number of aliphatic hydroxyl groups excluding tert-OH is 8. The minimum absolute atomic E-state index is 0.142. The summed E-state index contributed by atoms with van der Waals surface area (Å²) in [4.78, 5) is 1.36. The van der Waals surface area contributed by atoms with E-state index in [1.807, 2.05) is 0 Å². The van der Waals surface area contributed by atoms with Crippen molar-refractivity contribution in [2.45, 2.75) is 36.6 Å². The highest BCUT2D eigenvalue weighted by molar-refractivity contribution is 4.80. The van der Waals surface area contributed by atoms with Crippen LogP contribution in [0.3, 0.4) is 0 Å². The molecule has 8 N–H and O–H groups in total. The van der Waals surface area contributed by atoms with Gasteiger partial charge in [0.05, 0.1) is 25.4 Å². The van der Waals surface area contributed by atoms with E-state index in [1.165, 1.54) is 11.9 Å². The molecule has 122 valence electrons. The summed E-state index contributed by atoms with van der Waals surface area (Å²) >= 11 is 0. The summed E-state index contributed by atoms with van der Waals surface area (Å²) in [6, 6.07) is 0. The second kappa shape index (κ2) is 9.55. The molecule has 9 nitrogen and oxygen atoms in total. The second-order valence-electron chi connectivity index (χ2n) is 4.84. The number of rotatable bonds is 10. The Balaban J connectivity index is 4.24. The van der Waals surface area contributed by atoms with E-state index in [0.717, 1.165) is 0 Å². The van der Waals surface area contributed by atoms with E-state index < -0.39 is 49.8 Å². The molecule has 20 heavy (non-hydrogen) atoms. The molecule has 6 atom stereocenters. The smallest absolute Gasteiger partial charge is 0.109 e. The van der Waals surface area contributed by atoms with Gasteiger partial charge in [-0.25, -0.2) is 0 Å². The number of aliphatic hydroxyl groups is 8. The predicted molar refractivity (Wildman–Crippen MR) is 67.7 cm³/mol. The van der Waals surface area contributed by atoms with Crippen molar-refractivity contribution in [3.05, 3.63) is 0 Å². The van der Waals surface area contributed by atoms with Gasteiger partial charge >= 0.3 is 0 Å². The van der Waals surface area contributed by atoms with E-state index in [-0.39, 0.29) is 13.1 Å². The molecule has 0 heterocycles. The normalized spacial score (nSPS) is 21.3. The quantitative estimate of drug-likeness (QED) is 0.197. The van der Waals surface area contributed by atoms with Crippen molar-refractivity contribution in [2.24, 2.45) is 0 Å². The Kier molecular flexibility index (Phi) is 9.38. The van der Waals surface area contributed by atoms with Crippen LogP contribution in [-0.4, -0.2) is 116 Å². The molecule has 9 heteroatoms. The molecule has 0 amide bonds. The highest BCUT2D eigenvalue weighted by Crippen LogP contribution is 2.05. The van der Waals surface area contributed by atoms with Crippen molar-refractivity contribution in [1.29, 1.82) is 0 Å². The lowest BCUT2D eigenvalue weighted by Crippen LogP contribution is -2.49. The fraction of sp³-hybridized carbons (Fsp3) is 1.00. The molecule has 0 radical (unpaired) electrons. The van der Waals surface area contributed by atoms with Gasteiger partial charge < -0.3 is 45.8 Å². The predicted octanol–water partition coefficient (Wildman–Crippen LogP) is -4.93. The molecule has 0 rings (SSSR count). The van der Waals surface area contributed by atoms with E-state index in [2.05, 4.69) is 0 Å². The van der Waals surface area contributed by atoms with Gasteiger partial charge in [0.15, 0.2) is 0 Å². The number of hydrogen-bond donors (Lipinski definition) is 8. The summed E-state index contributed by atoms with van der Waals surface area (Å²) in [5, 5.41) is 73.6. The van der Waals surface area contributed by atoms with Gasteiger partial charge in [0.25, 0.3) is 0 Å². The summed E-state index contributed by atoms with van der Waals surface area (Å²) in [5.74, 6) is 0. The molecule has 0 aromatic carbocycles. The highest BCUT2D eigenvalue weighted by atomic mass is 16.4. The molecule has 0 saturated heterocycles. The fourth-order valence-electron chi connectivity index (χ4n) is 1.66. The van der Waals surface area contributed by atoms with Gasteiger partial charge in [-0.3, -0.25) is 0 Å². The Labute approximate surface area is 117 Å². The maximum Gasteiger partial charge on any atom is 0.109 e. The molecule has 0 aliphatic heterocycles. The molecule has 0 aliphatic carbocycles. The van der Waals surface area contributed by atoms with E-state index in [1.54, 1.807) is 0 Å². The van der Waals surface area contributed by atoms with Crippen LogP contribution < -0.4 is 0 Å². The first-order valence-electron chi connectivity index (χ1n) is 6.23. The average Bonchev–Trinajstić information content (AvgIpc) is 2.43. The third-order valence-electron chi connectivity index (χ3n) is 2.95. The molecule has 0 fully saturated rings. The van der Waals surface area contributed by atoms with Crippen LogP contribution in [0.4, 0.5) is 0 Å². The summed E-state index contributed by atoms with van der Waals surface area (Å²) < 4.78 is 0. The van der Waals surface area contributed by atoms with Crippen LogP contribution in [0.5, 0.6) is 0 Å². The third-order valence-corrected chi connectivity index (χ3v) is 2.95. The number of likely N-dealkylation sites (N-methyl/N-ethyl adjacent to an activating group) is 1. The van der Waals surface area contributed by atoms with Gasteiger partial charge in [-0.2, -0.15) is 0 Å². The zero-order valence-electron chi connectivity index (χ0n) is 11.3. The Hall–Kier alpha value is -0.360. The fourth-order valence-corrected chi connectivity index (χ4v) is 1.66. The SMILES string of the molecule is CN(CC(O)C(O)C(O)CO)CC(O)C(O)C(O)CO. The van der Waals surface area contributed by atoms with Gasteiger partial charge in [-0.05, 0) is 7.05 Å². The summed E-state index contributed by atoms with van der Waals surface area (Å²) in [5.41, 5.74) is 0. The summed E-state index contributed by atoms with van der Waals surface area (Å²) in [7, 11) is 1.47. The lowest BCUT2D eigenvalue weighted by molar-refractivity contribution is -0.0973. The van der Waals surface area contributed by atoms with Crippen LogP contribution >= 0.6 is 0 Å². The van der Waals surface area contributed by atoms with E-state index in [9.17, 15) is 20.4 Å². The Morgan fingerprint density at radius 3 is 1.20 bits per heavy atom. The maximum absolute atomic E-state index is 9.60. The van der Waals surface area contributed by atoms with Crippen molar-refractivity contribution in [3.63, 3.8) is 0 Å². The first-order valence-corrected chi connectivity index (χ1v) is 6.23. The zero-order chi connectivity index (χ0) is 15.9. The van der Waals surface area contributed by atoms with Crippen molar-refractivity contribution >= 4 is 0 Å². The second-order valence-corrected chi connectivity index (χ2v) is 4.84. The van der Waals surface area contributed by atoms with E-state index >= 15 is 0 Å². The zero-order valence-corrected chi connectivity index (χ0v) is 11.3. The molecule has 0 spiro atoms. The molecule has 0 bridgehead atoms. The average molecular weight is 299 g/mol. The first kappa shape index (κ1) is 19.6. The molecule has 6 unspecified atom stereocenters. The lowest BCUT2D eigenvalue weighted by Gasteiger charge is -2.29. The standard InChI is InChI=1S/C11H25NO8/c1-12(2-6(15)10(19)8(17)4-13)3-7(16)11(20)9(18)5-14/h6-11,13-20H,2-5H2,1H3. The Morgan fingerprint density at radius 1 is 0.650 bits per heavy atom. The van der Waals surface area contributed by atoms with Crippen LogP contribution in [0, 0.1) is 0 Å². The van der Waals surface area contributed by atoms with Gasteiger partial charge in [0, 0.05) is 13.1 Å². The lowest BCUT2D eigenvalue weighted by atomic mass is 10.1. The largest absolute Gasteiger partial charge is 0.394 e. The van der Waals surface area contributed by atoms with Crippen LogP contribution in [0.2, 0.25) is 0 Å². The van der Waals surface area contributed by atoms with Gasteiger partial charge in [0.1, 0.15) is 24.4 Å². The molecule has 0 aliphatic rings. The Bertz CT molecular complexity index is 233. The minimum Gasteiger partial charge on any atom is -0.394 e. The summed E-state index contributed by atoms with van der Waals surface area (Å²) in [6.45, 7) is -1.69. The van der Waals surface area contributed by atoms with Crippen molar-refractivity contribution in [1.82, 2.24) is 4.90 Å². The monoisotopic (exact) mass is 299 g/mol. The molecule has 0 saturated carbocycles. The number of nitrogens with zero attached hydrogens (tertiary/aromatic N) is 1. The van der Waals surface area contributed by atoms with Gasteiger partial charge in [-0.1, -0.05) is 0 Å². The van der Waals surface area contributed by atoms with Crippen LogP contribution in [0.1, 0.15) is 0 Å². The van der Waals surface area contributed by atoms with Crippen molar-refractivity contribution in [2.75, 3.05) is 33.4 Å². The topological polar surface area (TPSA) is 165 Å². The molecular formula is C11H25NO8. The minimum atomic E-state index is -1.55. The van der Waals surface area contributed by atoms with Crippen LogP contribution in [0.25, 0.3) is 0 Å². The van der Waals surface area contributed by atoms with E-state index in [0.29, 0.717) is 0 Å². The molecule has 0 aromatic heterocycles. The van der Waals surface area contributed by atoms with Crippen LogP contribution in [0.15, 0.2) is 0 Å². The van der Waals surface area contributed by atoms with Crippen LogP contribution in [-0.2, 0) is 0 Å². The van der Waals surface area contributed by atoms with Gasteiger partial charge in [0.2, 0.25) is 0 Å². The van der Waals surface area contributed by atoms with Crippen molar-refractivity contribution < 1.29 is 40.9 Å². The maximum atomic E-state index is 9.60.